The van der Waals surface area contributed by atoms with E-state index in [0.29, 0.717) is 0 Å². The van der Waals surface area contributed by atoms with Gasteiger partial charge >= 0.3 is 0 Å². The molecule has 0 amide bonds. The summed E-state index contributed by atoms with van der Waals surface area (Å²) in [5.41, 5.74) is 11.5. The van der Waals surface area contributed by atoms with E-state index in [0.717, 1.165) is 4.68 Å². The van der Waals surface area contributed by atoms with E-state index in [1.165, 1.54) is 0 Å². The number of anilines is 2. The topological polar surface area (TPSA) is 178 Å². The SMILES string of the molecule is Nc1nc(N)c2nnn(C3OC(CO)C(O)C3O)c2n1. The number of aromatic nitrogens is 5. The number of hydrogen-bond donors (Lipinski definition) is 5. The first-order valence-electron chi connectivity index (χ1n) is 5.79. The van der Waals surface area contributed by atoms with Crippen LogP contribution >= 0.6 is 0 Å². The van der Waals surface area contributed by atoms with Crippen molar-refractivity contribution in [3.05, 3.63) is 0 Å². The monoisotopic (exact) mass is 283 g/mol. The summed E-state index contributed by atoms with van der Waals surface area (Å²) >= 11 is 0. The average molecular weight is 283 g/mol. The van der Waals surface area contributed by atoms with E-state index in [9.17, 15) is 10.2 Å². The van der Waals surface area contributed by atoms with Gasteiger partial charge in [0.25, 0.3) is 0 Å². The first kappa shape index (κ1) is 12.9. The molecule has 7 N–H and O–H groups in total. The molecule has 0 saturated carbocycles. The van der Waals surface area contributed by atoms with Gasteiger partial charge in [0.15, 0.2) is 23.2 Å². The van der Waals surface area contributed by atoms with Gasteiger partial charge in [0.05, 0.1) is 6.61 Å². The van der Waals surface area contributed by atoms with Crippen molar-refractivity contribution in [3.63, 3.8) is 0 Å². The first-order chi connectivity index (χ1) is 9.52. The maximum atomic E-state index is 9.95. The fourth-order valence-electron chi connectivity index (χ4n) is 2.12. The lowest BCUT2D eigenvalue weighted by molar-refractivity contribution is -0.0574. The summed E-state index contributed by atoms with van der Waals surface area (Å²) in [6.07, 6.45) is -4.53. The second-order valence-corrected chi connectivity index (χ2v) is 4.40. The second kappa shape index (κ2) is 4.49. The van der Waals surface area contributed by atoms with E-state index in [-0.39, 0.29) is 22.9 Å². The zero-order valence-corrected chi connectivity index (χ0v) is 10.2. The summed E-state index contributed by atoms with van der Waals surface area (Å²) in [6, 6.07) is 0. The zero-order chi connectivity index (χ0) is 14.4. The molecule has 0 radical (unpaired) electrons. The van der Waals surface area contributed by atoms with Gasteiger partial charge < -0.3 is 31.5 Å². The van der Waals surface area contributed by atoms with Gasteiger partial charge in [0.1, 0.15) is 18.3 Å². The quantitative estimate of drug-likeness (QED) is 0.381. The van der Waals surface area contributed by atoms with Crippen LogP contribution in [-0.2, 0) is 4.74 Å². The Hall–Kier alpha value is -2.08. The van der Waals surface area contributed by atoms with Gasteiger partial charge in [0, 0.05) is 0 Å². The normalized spacial score (nSPS) is 30.1. The Balaban J connectivity index is 2.07. The maximum Gasteiger partial charge on any atom is 0.224 e. The van der Waals surface area contributed by atoms with Crippen LogP contribution in [0.2, 0.25) is 0 Å². The first-order valence-corrected chi connectivity index (χ1v) is 5.79. The van der Waals surface area contributed by atoms with Crippen LogP contribution < -0.4 is 11.5 Å². The number of nitrogens with two attached hydrogens (primary N) is 2. The maximum absolute atomic E-state index is 9.95. The molecule has 3 rings (SSSR count). The third-order valence-electron chi connectivity index (χ3n) is 3.13. The molecule has 0 aliphatic carbocycles. The molecule has 108 valence electrons. The van der Waals surface area contributed by atoms with Crippen LogP contribution in [-0.4, -0.2) is 65.2 Å². The molecule has 3 heterocycles. The molecule has 0 aromatic carbocycles. The summed E-state index contributed by atoms with van der Waals surface area (Å²) in [7, 11) is 0. The highest BCUT2D eigenvalue weighted by molar-refractivity contribution is 5.81. The molecule has 4 unspecified atom stereocenters. The molecule has 11 heteroatoms. The van der Waals surface area contributed by atoms with Crippen molar-refractivity contribution in [2.45, 2.75) is 24.5 Å². The van der Waals surface area contributed by atoms with E-state index in [4.69, 9.17) is 21.3 Å². The van der Waals surface area contributed by atoms with Gasteiger partial charge in [-0.3, -0.25) is 0 Å². The molecule has 1 aliphatic heterocycles. The molecule has 1 fully saturated rings. The van der Waals surface area contributed by atoms with E-state index in [1.54, 1.807) is 0 Å². The molecule has 4 atom stereocenters. The predicted molar refractivity (Wildman–Crippen MR) is 65.0 cm³/mol. The van der Waals surface area contributed by atoms with Crippen LogP contribution in [0.5, 0.6) is 0 Å². The van der Waals surface area contributed by atoms with E-state index < -0.39 is 31.1 Å². The van der Waals surface area contributed by atoms with Gasteiger partial charge in [-0.25, -0.2) is 0 Å². The highest BCUT2D eigenvalue weighted by Crippen LogP contribution is 2.31. The number of nitrogens with zero attached hydrogens (tertiary/aromatic N) is 5. The fraction of sp³-hybridized carbons (Fsp3) is 0.556. The molecule has 1 aliphatic rings. The van der Waals surface area contributed by atoms with Crippen molar-refractivity contribution >= 4 is 22.9 Å². The minimum absolute atomic E-state index is 0.0468. The highest BCUT2D eigenvalue weighted by atomic mass is 16.6. The van der Waals surface area contributed by atoms with Crippen molar-refractivity contribution in [3.8, 4) is 0 Å². The Bertz CT molecular complexity index is 647. The lowest BCUT2D eigenvalue weighted by atomic mass is 10.1. The van der Waals surface area contributed by atoms with Crippen molar-refractivity contribution < 1.29 is 20.1 Å². The average Bonchev–Trinajstić information content (AvgIpc) is 2.93. The molecule has 11 nitrogen and oxygen atoms in total. The molecule has 0 bridgehead atoms. The Morgan fingerprint density at radius 2 is 1.95 bits per heavy atom. The number of aliphatic hydroxyl groups excluding tert-OH is 3. The molecule has 2 aromatic heterocycles. The number of ether oxygens (including phenoxy) is 1. The van der Waals surface area contributed by atoms with Crippen LogP contribution in [0, 0.1) is 0 Å². The van der Waals surface area contributed by atoms with Crippen molar-refractivity contribution in [1.82, 2.24) is 25.0 Å². The van der Waals surface area contributed by atoms with Gasteiger partial charge in [-0.15, -0.1) is 5.10 Å². The number of fused-ring (bicyclic) bond motifs is 1. The van der Waals surface area contributed by atoms with E-state index in [1.807, 2.05) is 0 Å². The van der Waals surface area contributed by atoms with E-state index in [2.05, 4.69) is 20.3 Å². The minimum atomic E-state index is -1.30. The molecule has 0 spiro atoms. The molecule has 20 heavy (non-hydrogen) atoms. The summed E-state index contributed by atoms with van der Waals surface area (Å²) < 4.78 is 6.48. The number of hydrogen-bond acceptors (Lipinski definition) is 10. The largest absolute Gasteiger partial charge is 0.394 e. The summed E-state index contributed by atoms with van der Waals surface area (Å²) in [6.45, 7) is -0.444. The van der Waals surface area contributed by atoms with Gasteiger partial charge in [-0.1, -0.05) is 5.21 Å². The summed E-state index contributed by atoms with van der Waals surface area (Å²) in [4.78, 5) is 7.68. The third kappa shape index (κ3) is 1.76. The highest BCUT2D eigenvalue weighted by Gasteiger charge is 2.44. The Labute approximate surface area is 111 Å². The molecular formula is C9H13N7O4. The second-order valence-electron chi connectivity index (χ2n) is 4.40. The molecular weight excluding hydrogens is 270 g/mol. The Kier molecular flexibility index (Phi) is 2.90. The molecule has 2 aromatic rings. The number of nitrogen functional groups attached to an aromatic ring is 2. The Morgan fingerprint density at radius 1 is 1.20 bits per heavy atom. The van der Waals surface area contributed by atoms with Crippen LogP contribution in [0.1, 0.15) is 6.23 Å². The smallest absolute Gasteiger partial charge is 0.224 e. The summed E-state index contributed by atoms with van der Waals surface area (Å²) in [5, 5.41) is 36.3. The van der Waals surface area contributed by atoms with Gasteiger partial charge in [-0.05, 0) is 0 Å². The van der Waals surface area contributed by atoms with Crippen LogP contribution in [0.15, 0.2) is 0 Å². The standard InChI is InChI=1S/C9H13N7O4/c10-6-3-7(13-9(11)12-6)16(15-14-3)8-5(19)4(18)2(1-17)20-8/h2,4-5,8,17-19H,1H2,(H4,10,11,12,13). The van der Waals surface area contributed by atoms with Crippen LogP contribution in [0.4, 0.5) is 11.8 Å². The van der Waals surface area contributed by atoms with Crippen molar-refractivity contribution in [2.75, 3.05) is 18.1 Å². The van der Waals surface area contributed by atoms with Gasteiger partial charge in [0.2, 0.25) is 5.95 Å². The summed E-state index contributed by atoms with van der Waals surface area (Å²) in [5.74, 6) is -0.0317. The Morgan fingerprint density at radius 3 is 2.60 bits per heavy atom. The van der Waals surface area contributed by atoms with Crippen LogP contribution in [0.25, 0.3) is 11.2 Å². The third-order valence-corrected chi connectivity index (χ3v) is 3.13. The number of rotatable bonds is 2. The predicted octanol–water partition coefficient (Wildman–Crippen LogP) is -3.00. The number of aliphatic hydroxyl groups is 3. The molecule has 1 saturated heterocycles. The van der Waals surface area contributed by atoms with Gasteiger partial charge in [-0.2, -0.15) is 14.6 Å². The lowest BCUT2D eigenvalue weighted by Crippen LogP contribution is -2.33. The lowest BCUT2D eigenvalue weighted by Gasteiger charge is -2.14. The van der Waals surface area contributed by atoms with E-state index >= 15 is 0 Å². The minimum Gasteiger partial charge on any atom is -0.394 e. The van der Waals surface area contributed by atoms with Crippen molar-refractivity contribution in [1.29, 1.82) is 0 Å². The van der Waals surface area contributed by atoms with Crippen molar-refractivity contribution in [2.24, 2.45) is 0 Å². The van der Waals surface area contributed by atoms with Crippen LogP contribution in [0.3, 0.4) is 0 Å². The fourth-order valence-corrected chi connectivity index (χ4v) is 2.12. The zero-order valence-electron chi connectivity index (χ0n) is 10.2.